The minimum Gasteiger partial charge on any atom is -0.491 e. The zero-order valence-corrected chi connectivity index (χ0v) is 12.6. The zero-order valence-electron chi connectivity index (χ0n) is 11.9. The van der Waals surface area contributed by atoms with E-state index in [0.29, 0.717) is 24.2 Å². The fraction of sp³-hybridized carbons (Fsp3) is 0.625. The predicted molar refractivity (Wildman–Crippen MR) is 82.4 cm³/mol. The molecule has 0 amide bonds. The summed E-state index contributed by atoms with van der Waals surface area (Å²) < 4.78 is 5.54. The number of ether oxygens (including phenoxy) is 1. The number of halogens is 1. The van der Waals surface area contributed by atoms with Gasteiger partial charge in [0.15, 0.2) is 0 Å². The van der Waals surface area contributed by atoms with E-state index in [2.05, 4.69) is 5.32 Å². The molecule has 0 aromatic heterocycles. The fourth-order valence-corrected chi connectivity index (χ4v) is 2.69. The molecule has 1 atom stereocenters. The van der Waals surface area contributed by atoms with Crippen molar-refractivity contribution in [3.63, 3.8) is 0 Å². The minimum absolute atomic E-state index is 0.307. The van der Waals surface area contributed by atoms with E-state index in [4.69, 9.17) is 16.3 Å². The van der Waals surface area contributed by atoms with Gasteiger partial charge in [-0.3, -0.25) is 0 Å². The summed E-state index contributed by atoms with van der Waals surface area (Å²) in [7, 11) is 0. The number of aliphatic hydroxyl groups is 1. The molecule has 2 rings (SSSR count). The lowest BCUT2D eigenvalue weighted by atomic mass is 10.1. The third-order valence-corrected chi connectivity index (χ3v) is 4.01. The van der Waals surface area contributed by atoms with E-state index in [9.17, 15) is 5.11 Å². The van der Waals surface area contributed by atoms with Gasteiger partial charge in [0.1, 0.15) is 18.5 Å². The lowest BCUT2D eigenvalue weighted by molar-refractivity contribution is 0.103. The Balaban J connectivity index is 1.64. The third kappa shape index (κ3) is 5.70. The van der Waals surface area contributed by atoms with Gasteiger partial charge in [-0.2, -0.15) is 0 Å². The van der Waals surface area contributed by atoms with Gasteiger partial charge < -0.3 is 15.2 Å². The standard InChI is InChI=1S/C16H24ClNO2/c17-13-7-9-16(10-8-13)20-12-15(19)11-18-14-5-3-1-2-4-6-14/h7-10,14-15,18-19H,1-6,11-12H2. The maximum atomic E-state index is 9.95. The largest absolute Gasteiger partial charge is 0.491 e. The Morgan fingerprint density at radius 1 is 1.15 bits per heavy atom. The first-order valence-electron chi connectivity index (χ1n) is 7.54. The highest BCUT2D eigenvalue weighted by Gasteiger charge is 2.13. The van der Waals surface area contributed by atoms with E-state index < -0.39 is 6.10 Å². The number of rotatable bonds is 6. The molecule has 0 saturated heterocycles. The number of benzene rings is 1. The Morgan fingerprint density at radius 3 is 2.45 bits per heavy atom. The molecule has 1 fully saturated rings. The average molecular weight is 298 g/mol. The normalized spacial score (nSPS) is 18.5. The third-order valence-electron chi connectivity index (χ3n) is 3.75. The molecule has 0 aliphatic heterocycles. The molecule has 1 aliphatic carbocycles. The maximum Gasteiger partial charge on any atom is 0.119 e. The molecule has 1 aromatic carbocycles. The van der Waals surface area contributed by atoms with E-state index in [1.54, 1.807) is 12.1 Å². The molecule has 112 valence electrons. The van der Waals surface area contributed by atoms with Crippen molar-refractivity contribution in [1.82, 2.24) is 5.32 Å². The van der Waals surface area contributed by atoms with Crippen molar-refractivity contribution in [1.29, 1.82) is 0 Å². The summed E-state index contributed by atoms with van der Waals surface area (Å²) in [5.74, 6) is 0.739. The van der Waals surface area contributed by atoms with Gasteiger partial charge in [-0.05, 0) is 37.1 Å². The smallest absolute Gasteiger partial charge is 0.119 e. The van der Waals surface area contributed by atoms with Gasteiger partial charge in [0, 0.05) is 17.6 Å². The van der Waals surface area contributed by atoms with Gasteiger partial charge in [0.2, 0.25) is 0 Å². The topological polar surface area (TPSA) is 41.5 Å². The average Bonchev–Trinajstić information content (AvgIpc) is 2.73. The quantitative estimate of drug-likeness (QED) is 0.791. The molecule has 0 bridgehead atoms. The Morgan fingerprint density at radius 2 is 1.80 bits per heavy atom. The molecule has 0 heterocycles. The lowest BCUT2D eigenvalue weighted by Gasteiger charge is -2.19. The van der Waals surface area contributed by atoms with E-state index in [-0.39, 0.29) is 0 Å². The molecule has 20 heavy (non-hydrogen) atoms. The number of hydrogen-bond acceptors (Lipinski definition) is 3. The summed E-state index contributed by atoms with van der Waals surface area (Å²) in [5, 5.41) is 14.1. The first kappa shape index (κ1) is 15.6. The highest BCUT2D eigenvalue weighted by atomic mass is 35.5. The zero-order chi connectivity index (χ0) is 14.2. The van der Waals surface area contributed by atoms with Crippen LogP contribution in [0.25, 0.3) is 0 Å². The number of hydrogen-bond donors (Lipinski definition) is 2. The second-order valence-electron chi connectivity index (χ2n) is 5.52. The first-order valence-corrected chi connectivity index (χ1v) is 7.91. The SMILES string of the molecule is OC(CNC1CCCCCC1)COc1ccc(Cl)cc1. The second-order valence-corrected chi connectivity index (χ2v) is 5.95. The van der Waals surface area contributed by atoms with Crippen molar-refractivity contribution >= 4 is 11.6 Å². The van der Waals surface area contributed by atoms with Crippen molar-refractivity contribution in [3.8, 4) is 5.75 Å². The fourth-order valence-electron chi connectivity index (χ4n) is 2.57. The van der Waals surface area contributed by atoms with E-state index in [1.165, 1.54) is 38.5 Å². The molecule has 0 radical (unpaired) electrons. The van der Waals surface area contributed by atoms with Crippen LogP contribution in [0.1, 0.15) is 38.5 Å². The van der Waals surface area contributed by atoms with Crippen molar-refractivity contribution in [2.75, 3.05) is 13.2 Å². The van der Waals surface area contributed by atoms with E-state index >= 15 is 0 Å². The summed E-state index contributed by atoms with van der Waals surface area (Å²) >= 11 is 5.81. The van der Waals surface area contributed by atoms with Gasteiger partial charge in [-0.1, -0.05) is 37.3 Å². The second kappa shape index (κ2) is 8.50. The molecular weight excluding hydrogens is 274 g/mol. The van der Waals surface area contributed by atoms with Gasteiger partial charge in [-0.15, -0.1) is 0 Å². The van der Waals surface area contributed by atoms with E-state index in [0.717, 1.165) is 5.75 Å². The van der Waals surface area contributed by atoms with Crippen LogP contribution < -0.4 is 10.1 Å². The van der Waals surface area contributed by atoms with Crippen LogP contribution >= 0.6 is 11.6 Å². The predicted octanol–water partition coefficient (Wildman–Crippen LogP) is 3.39. The van der Waals surface area contributed by atoms with Crippen molar-refractivity contribution in [2.45, 2.75) is 50.7 Å². The molecule has 2 N–H and O–H groups in total. The Bertz CT molecular complexity index is 375. The van der Waals surface area contributed by atoms with Crippen LogP contribution in [0.3, 0.4) is 0 Å². The Kier molecular flexibility index (Phi) is 6.64. The molecule has 0 spiro atoms. The van der Waals surface area contributed by atoms with Crippen molar-refractivity contribution < 1.29 is 9.84 Å². The highest BCUT2D eigenvalue weighted by Crippen LogP contribution is 2.17. The molecule has 1 unspecified atom stereocenters. The summed E-state index contributed by atoms with van der Waals surface area (Å²) in [6.45, 7) is 0.902. The van der Waals surface area contributed by atoms with E-state index in [1.807, 2.05) is 12.1 Å². The van der Waals surface area contributed by atoms with Crippen LogP contribution in [0.5, 0.6) is 5.75 Å². The van der Waals surface area contributed by atoms with Crippen LogP contribution in [0, 0.1) is 0 Å². The van der Waals surface area contributed by atoms with Gasteiger partial charge in [0.25, 0.3) is 0 Å². The number of aliphatic hydroxyl groups excluding tert-OH is 1. The Labute approximate surface area is 126 Å². The molecule has 1 aliphatic rings. The summed E-state index contributed by atoms with van der Waals surface area (Å²) in [4.78, 5) is 0. The monoisotopic (exact) mass is 297 g/mol. The summed E-state index contributed by atoms with van der Waals surface area (Å²) in [5.41, 5.74) is 0. The highest BCUT2D eigenvalue weighted by molar-refractivity contribution is 6.30. The molecule has 1 aromatic rings. The van der Waals surface area contributed by atoms with Gasteiger partial charge in [0.05, 0.1) is 0 Å². The van der Waals surface area contributed by atoms with Gasteiger partial charge >= 0.3 is 0 Å². The van der Waals surface area contributed by atoms with Gasteiger partial charge in [-0.25, -0.2) is 0 Å². The Hall–Kier alpha value is -0.770. The first-order chi connectivity index (χ1) is 9.74. The minimum atomic E-state index is -0.478. The number of nitrogens with one attached hydrogen (secondary N) is 1. The maximum absolute atomic E-state index is 9.95. The summed E-state index contributed by atoms with van der Waals surface area (Å²) in [6, 6.07) is 7.75. The summed E-state index contributed by atoms with van der Waals surface area (Å²) in [6.07, 6.45) is 7.27. The van der Waals surface area contributed by atoms with Crippen LogP contribution in [-0.2, 0) is 0 Å². The van der Waals surface area contributed by atoms with Crippen LogP contribution in [0.4, 0.5) is 0 Å². The molecule has 1 saturated carbocycles. The van der Waals surface area contributed by atoms with Crippen molar-refractivity contribution in [3.05, 3.63) is 29.3 Å². The van der Waals surface area contributed by atoms with Crippen molar-refractivity contribution in [2.24, 2.45) is 0 Å². The lowest BCUT2D eigenvalue weighted by Crippen LogP contribution is -2.37. The van der Waals surface area contributed by atoms with Crippen LogP contribution in [0.15, 0.2) is 24.3 Å². The molecule has 3 nitrogen and oxygen atoms in total. The van der Waals surface area contributed by atoms with Crippen LogP contribution in [0.2, 0.25) is 5.02 Å². The molecular formula is C16H24ClNO2. The van der Waals surface area contributed by atoms with Crippen LogP contribution in [-0.4, -0.2) is 30.4 Å². The molecule has 4 heteroatoms.